The van der Waals surface area contributed by atoms with Crippen molar-refractivity contribution >= 4 is 17.3 Å². The van der Waals surface area contributed by atoms with Gasteiger partial charge in [0.15, 0.2) is 0 Å². The van der Waals surface area contributed by atoms with Gasteiger partial charge >= 0.3 is 0 Å². The van der Waals surface area contributed by atoms with Crippen LogP contribution >= 0.6 is 0 Å². The van der Waals surface area contributed by atoms with Gasteiger partial charge in [-0.3, -0.25) is 9.69 Å². The minimum absolute atomic E-state index is 0.0281. The highest BCUT2D eigenvalue weighted by molar-refractivity contribution is 5.97. The van der Waals surface area contributed by atoms with Crippen LogP contribution in [0, 0.1) is 0 Å². The smallest absolute Gasteiger partial charge is 0.241 e. The van der Waals surface area contributed by atoms with Crippen molar-refractivity contribution in [1.29, 1.82) is 0 Å². The monoisotopic (exact) mass is 277 g/mol. The van der Waals surface area contributed by atoms with Crippen molar-refractivity contribution in [3.63, 3.8) is 0 Å². The van der Waals surface area contributed by atoms with Crippen LogP contribution < -0.4 is 11.1 Å². The molecule has 1 aliphatic rings. The Morgan fingerprint density at radius 3 is 3.00 bits per heavy atom. The number of nitrogen functional groups attached to an aromatic ring is 1. The van der Waals surface area contributed by atoms with Gasteiger partial charge in [0, 0.05) is 13.1 Å². The lowest BCUT2D eigenvalue weighted by Crippen LogP contribution is -2.50. The largest absolute Gasteiger partial charge is 0.397 e. The first-order valence-corrected chi connectivity index (χ1v) is 7.12. The minimum Gasteiger partial charge on any atom is -0.397 e. The molecule has 0 saturated carbocycles. The second-order valence-electron chi connectivity index (χ2n) is 5.15. The van der Waals surface area contributed by atoms with Crippen LogP contribution in [0.15, 0.2) is 24.3 Å². The maximum Gasteiger partial charge on any atom is 0.241 e. The highest BCUT2D eigenvalue weighted by atomic mass is 16.5. The molecule has 0 aliphatic carbocycles. The third-order valence-corrected chi connectivity index (χ3v) is 3.77. The number of nitrogens with two attached hydrogens (primary N) is 1. The second kappa shape index (κ2) is 6.72. The summed E-state index contributed by atoms with van der Waals surface area (Å²) in [5, 5.41) is 2.89. The number of ether oxygens (including phenoxy) is 1. The number of hydrogen-bond acceptors (Lipinski definition) is 4. The van der Waals surface area contributed by atoms with E-state index in [1.165, 1.54) is 0 Å². The van der Waals surface area contributed by atoms with E-state index in [1.807, 2.05) is 25.1 Å². The summed E-state index contributed by atoms with van der Waals surface area (Å²) in [6, 6.07) is 7.12. The Kier molecular flexibility index (Phi) is 4.98. The molecule has 1 aliphatic heterocycles. The molecule has 1 heterocycles. The molecule has 0 radical (unpaired) electrons. The van der Waals surface area contributed by atoms with Crippen molar-refractivity contribution in [2.45, 2.75) is 32.4 Å². The first-order valence-electron chi connectivity index (χ1n) is 7.12. The van der Waals surface area contributed by atoms with Crippen LogP contribution in [-0.2, 0) is 9.53 Å². The standard InChI is InChI=1S/C15H23N3O2/c1-3-12-10-18(8-9-20-12)11(2)15(19)17-14-7-5-4-6-13(14)16/h4-7,11-12H,3,8-10,16H2,1-2H3,(H,17,19). The number of morpholine rings is 1. The summed E-state index contributed by atoms with van der Waals surface area (Å²) in [6.07, 6.45) is 1.19. The summed E-state index contributed by atoms with van der Waals surface area (Å²) in [6.45, 7) is 6.30. The number of anilines is 2. The van der Waals surface area contributed by atoms with Gasteiger partial charge in [0.25, 0.3) is 0 Å². The molecule has 110 valence electrons. The quantitative estimate of drug-likeness (QED) is 0.822. The topological polar surface area (TPSA) is 67.6 Å². The molecule has 3 N–H and O–H groups in total. The molecule has 1 aromatic carbocycles. The maximum atomic E-state index is 12.3. The van der Waals surface area contributed by atoms with Crippen LogP contribution in [0.25, 0.3) is 0 Å². The average Bonchev–Trinajstić information content (AvgIpc) is 2.48. The molecule has 2 unspecified atom stereocenters. The molecular weight excluding hydrogens is 254 g/mol. The highest BCUT2D eigenvalue weighted by Crippen LogP contribution is 2.18. The van der Waals surface area contributed by atoms with E-state index < -0.39 is 0 Å². The molecular formula is C15H23N3O2. The van der Waals surface area contributed by atoms with E-state index in [0.29, 0.717) is 18.0 Å². The Bertz CT molecular complexity index is 464. The van der Waals surface area contributed by atoms with E-state index in [4.69, 9.17) is 10.5 Å². The number of hydrogen-bond donors (Lipinski definition) is 2. The lowest BCUT2D eigenvalue weighted by molar-refractivity contribution is -0.124. The Morgan fingerprint density at radius 1 is 1.55 bits per heavy atom. The van der Waals surface area contributed by atoms with Crippen molar-refractivity contribution < 1.29 is 9.53 Å². The van der Waals surface area contributed by atoms with Crippen LogP contribution in [0.3, 0.4) is 0 Å². The van der Waals surface area contributed by atoms with Gasteiger partial charge in [0.1, 0.15) is 0 Å². The molecule has 1 fully saturated rings. The van der Waals surface area contributed by atoms with Crippen molar-refractivity contribution in [2.75, 3.05) is 30.7 Å². The average molecular weight is 277 g/mol. The fraction of sp³-hybridized carbons (Fsp3) is 0.533. The van der Waals surface area contributed by atoms with Crippen LogP contribution in [0.4, 0.5) is 11.4 Å². The van der Waals surface area contributed by atoms with Gasteiger partial charge in [-0.2, -0.15) is 0 Å². The number of carbonyl (C=O) groups is 1. The number of carbonyl (C=O) groups excluding carboxylic acids is 1. The van der Waals surface area contributed by atoms with E-state index in [-0.39, 0.29) is 18.1 Å². The fourth-order valence-corrected chi connectivity index (χ4v) is 2.35. The van der Waals surface area contributed by atoms with Gasteiger partial charge in [-0.1, -0.05) is 19.1 Å². The number of benzene rings is 1. The van der Waals surface area contributed by atoms with Gasteiger partial charge in [-0.05, 0) is 25.5 Å². The maximum absolute atomic E-state index is 12.3. The van der Waals surface area contributed by atoms with Gasteiger partial charge < -0.3 is 15.8 Å². The first kappa shape index (κ1) is 14.8. The van der Waals surface area contributed by atoms with E-state index in [0.717, 1.165) is 19.5 Å². The van der Waals surface area contributed by atoms with Crippen LogP contribution in [0.5, 0.6) is 0 Å². The molecule has 0 spiro atoms. The number of amides is 1. The van der Waals surface area contributed by atoms with Crippen molar-refractivity contribution in [1.82, 2.24) is 4.90 Å². The fourth-order valence-electron chi connectivity index (χ4n) is 2.35. The molecule has 0 aromatic heterocycles. The highest BCUT2D eigenvalue weighted by Gasteiger charge is 2.27. The predicted octanol–water partition coefficient (Wildman–Crippen LogP) is 1.71. The molecule has 5 nitrogen and oxygen atoms in total. The molecule has 1 aromatic rings. The zero-order chi connectivity index (χ0) is 14.5. The van der Waals surface area contributed by atoms with Crippen molar-refractivity contribution in [2.24, 2.45) is 0 Å². The lowest BCUT2D eigenvalue weighted by atomic mass is 10.1. The van der Waals surface area contributed by atoms with E-state index in [1.54, 1.807) is 6.07 Å². The Morgan fingerprint density at radius 2 is 2.30 bits per heavy atom. The first-order chi connectivity index (χ1) is 9.61. The minimum atomic E-state index is -0.187. The van der Waals surface area contributed by atoms with E-state index >= 15 is 0 Å². The van der Waals surface area contributed by atoms with Crippen molar-refractivity contribution in [3.05, 3.63) is 24.3 Å². The zero-order valence-electron chi connectivity index (χ0n) is 12.1. The molecule has 20 heavy (non-hydrogen) atoms. The third-order valence-electron chi connectivity index (χ3n) is 3.77. The summed E-state index contributed by atoms with van der Waals surface area (Å²) in [5.74, 6) is -0.0281. The third kappa shape index (κ3) is 3.49. The van der Waals surface area contributed by atoms with Crippen LogP contribution in [0.2, 0.25) is 0 Å². The Labute approximate surface area is 120 Å². The Balaban J connectivity index is 1.96. The molecule has 1 amide bonds. The van der Waals surface area contributed by atoms with Gasteiger partial charge in [0.2, 0.25) is 5.91 Å². The van der Waals surface area contributed by atoms with E-state index in [2.05, 4.69) is 17.1 Å². The number of rotatable bonds is 4. The summed E-state index contributed by atoms with van der Waals surface area (Å²) < 4.78 is 5.63. The van der Waals surface area contributed by atoms with Gasteiger partial charge in [-0.15, -0.1) is 0 Å². The molecule has 0 bridgehead atoms. The molecule has 2 rings (SSSR count). The number of nitrogens with one attached hydrogen (secondary N) is 1. The van der Waals surface area contributed by atoms with Crippen molar-refractivity contribution in [3.8, 4) is 0 Å². The van der Waals surface area contributed by atoms with Crippen LogP contribution in [-0.4, -0.2) is 42.6 Å². The number of para-hydroxylation sites is 2. The zero-order valence-corrected chi connectivity index (χ0v) is 12.1. The molecule has 2 atom stereocenters. The van der Waals surface area contributed by atoms with Gasteiger partial charge in [-0.25, -0.2) is 0 Å². The number of nitrogens with zero attached hydrogens (tertiary/aromatic N) is 1. The van der Waals surface area contributed by atoms with Crippen LogP contribution in [0.1, 0.15) is 20.3 Å². The molecule has 1 saturated heterocycles. The predicted molar refractivity (Wildman–Crippen MR) is 80.6 cm³/mol. The SMILES string of the molecule is CCC1CN(C(C)C(=O)Nc2ccccc2N)CCO1. The second-order valence-corrected chi connectivity index (χ2v) is 5.15. The molecule has 5 heteroatoms. The summed E-state index contributed by atoms with van der Waals surface area (Å²) in [4.78, 5) is 14.5. The van der Waals surface area contributed by atoms with Gasteiger partial charge in [0.05, 0.1) is 30.1 Å². The summed E-state index contributed by atoms with van der Waals surface area (Å²) in [5.41, 5.74) is 7.10. The summed E-state index contributed by atoms with van der Waals surface area (Å²) >= 11 is 0. The lowest BCUT2D eigenvalue weighted by Gasteiger charge is -2.35. The van der Waals surface area contributed by atoms with E-state index in [9.17, 15) is 4.79 Å². The normalized spacial score (nSPS) is 21.4. The Hall–Kier alpha value is -1.59. The summed E-state index contributed by atoms with van der Waals surface area (Å²) in [7, 11) is 0.